The Morgan fingerprint density at radius 1 is 1.35 bits per heavy atom. The molecule has 4 rings (SSSR count). The number of nitrogens with zero attached hydrogens (tertiary/aromatic N) is 2. The number of anilines is 1. The van der Waals surface area contributed by atoms with Crippen LogP contribution in [0.3, 0.4) is 0 Å². The number of rotatable bonds is 5. The van der Waals surface area contributed by atoms with Gasteiger partial charge in [0.05, 0.1) is 0 Å². The summed E-state index contributed by atoms with van der Waals surface area (Å²) in [5.41, 5.74) is 1.73. The van der Waals surface area contributed by atoms with Crippen molar-refractivity contribution in [3.63, 3.8) is 0 Å². The fourth-order valence-corrected chi connectivity index (χ4v) is 4.73. The number of aryl methyl sites for hydroxylation is 1. The van der Waals surface area contributed by atoms with Gasteiger partial charge in [-0.3, -0.25) is 9.59 Å². The van der Waals surface area contributed by atoms with Crippen molar-refractivity contribution in [2.75, 3.05) is 5.32 Å². The zero-order chi connectivity index (χ0) is 18.1. The van der Waals surface area contributed by atoms with Crippen molar-refractivity contribution in [2.24, 2.45) is 5.92 Å². The molecule has 5 nitrogen and oxygen atoms in total. The summed E-state index contributed by atoms with van der Waals surface area (Å²) < 4.78 is 0. The van der Waals surface area contributed by atoms with Gasteiger partial charge in [0.15, 0.2) is 5.13 Å². The first kappa shape index (κ1) is 17.2. The van der Waals surface area contributed by atoms with E-state index in [-0.39, 0.29) is 11.8 Å². The van der Waals surface area contributed by atoms with E-state index >= 15 is 0 Å². The molecule has 1 aliphatic heterocycles. The van der Waals surface area contributed by atoms with Crippen LogP contribution in [0.1, 0.15) is 52.9 Å². The second-order valence-corrected chi connectivity index (χ2v) is 8.49. The van der Waals surface area contributed by atoms with E-state index in [9.17, 15) is 9.59 Å². The number of fused-ring (bicyclic) bond motifs is 1. The Morgan fingerprint density at radius 3 is 2.81 bits per heavy atom. The summed E-state index contributed by atoms with van der Waals surface area (Å²) >= 11 is 1.46. The van der Waals surface area contributed by atoms with Crippen LogP contribution in [0, 0.1) is 12.8 Å². The Balaban J connectivity index is 1.56. The normalized spacial score (nSPS) is 18.2. The summed E-state index contributed by atoms with van der Waals surface area (Å²) in [6.45, 7) is 2.47. The number of benzene rings is 1. The Kier molecular flexibility index (Phi) is 4.76. The number of aromatic nitrogens is 1. The molecule has 26 heavy (non-hydrogen) atoms. The highest BCUT2D eigenvalue weighted by Gasteiger charge is 2.38. The molecule has 1 fully saturated rings. The lowest BCUT2D eigenvalue weighted by molar-refractivity contribution is -0.121. The zero-order valence-corrected chi connectivity index (χ0v) is 15.7. The standard InChI is InChI=1S/C20H23N3O2S/c1-13-11-21-20(26-13)22-18(24)17(10-14-6-2-3-7-14)23-12-15-8-4-5-9-16(15)19(23)25/h4-5,8-9,11,14,17H,2-3,6-7,10,12H2,1H3,(H,21,22,24). The topological polar surface area (TPSA) is 62.3 Å². The van der Waals surface area contributed by atoms with E-state index in [0.717, 1.165) is 35.3 Å². The molecular weight excluding hydrogens is 346 g/mol. The van der Waals surface area contributed by atoms with E-state index in [1.165, 1.54) is 24.2 Å². The number of nitrogens with one attached hydrogen (secondary N) is 1. The molecule has 1 atom stereocenters. The van der Waals surface area contributed by atoms with Gasteiger partial charge in [-0.1, -0.05) is 43.9 Å². The monoisotopic (exact) mass is 369 g/mol. The second kappa shape index (κ2) is 7.19. The SMILES string of the molecule is Cc1cnc(NC(=O)C(CC2CCCC2)N2Cc3ccccc3C2=O)s1. The average molecular weight is 369 g/mol. The van der Waals surface area contributed by atoms with Gasteiger partial charge >= 0.3 is 0 Å². The van der Waals surface area contributed by atoms with Crippen LogP contribution >= 0.6 is 11.3 Å². The minimum absolute atomic E-state index is 0.0333. The maximum atomic E-state index is 13.1. The molecule has 0 radical (unpaired) electrons. The summed E-state index contributed by atoms with van der Waals surface area (Å²) in [5, 5.41) is 3.54. The molecule has 2 amide bonds. The molecule has 2 heterocycles. The highest BCUT2D eigenvalue weighted by molar-refractivity contribution is 7.15. The molecule has 2 aromatic rings. The van der Waals surface area contributed by atoms with Crippen LogP contribution in [0.25, 0.3) is 0 Å². The molecule has 136 valence electrons. The molecule has 0 bridgehead atoms. The lowest BCUT2D eigenvalue weighted by atomic mass is 9.97. The van der Waals surface area contributed by atoms with Gasteiger partial charge in [0.25, 0.3) is 5.91 Å². The molecule has 1 aliphatic carbocycles. The number of carbonyl (C=O) groups excluding carboxylic acids is 2. The summed E-state index contributed by atoms with van der Waals surface area (Å²) in [5.74, 6) is 0.363. The van der Waals surface area contributed by atoms with Crippen LogP contribution in [0.15, 0.2) is 30.5 Å². The summed E-state index contributed by atoms with van der Waals surface area (Å²) in [7, 11) is 0. The number of amides is 2. The fourth-order valence-electron chi connectivity index (χ4n) is 4.07. The molecule has 0 saturated heterocycles. The van der Waals surface area contributed by atoms with Crippen LogP contribution in [0.4, 0.5) is 5.13 Å². The first-order valence-electron chi connectivity index (χ1n) is 9.24. The largest absolute Gasteiger partial charge is 0.322 e. The first-order chi connectivity index (χ1) is 12.6. The van der Waals surface area contributed by atoms with Gasteiger partial charge in [0.2, 0.25) is 5.91 Å². The number of hydrogen-bond acceptors (Lipinski definition) is 4. The lowest BCUT2D eigenvalue weighted by Gasteiger charge is -2.28. The first-order valence-corrected chi connectivity index (χ1v) is 10.1. The fraction of sp³-hybridized carbons (Fsp3) is 0.450. The summed E-state index contributed by atoms with van der Waals surface area (Å²) in [4.78, 5) is 33.0. The van der Waals surface area contributed by atoms with Crippen molar-refractivity contribution >= 4 is 28.3 Å². The van der Waals surface area contributed by atoms with Gasteiger partial charge < -0.3 is 10.2 Å². The summed E-state index contributed by atoms with van der Waals surface area (Å²) in [6, 6.07) is 7.21. The van der Waals surface area contributed by atoms with Crippen molar-refractivity contribution in [1.82, 2.24) is 9.88 Å². The average Bonchev–Trinajstić information content (AvgIpc) is 3.35. The van der Waals surface area contributed by atoms with Crippen molar-refractivity contribution in [2.45, 2.75) is 51.6 Å². The lowest BCUT2D eigenvalue weighted by Crippen LogP contribution is -2.45. The van der Waals surface area contributed by atoms with Gasteiger partial charge in [0, 0.05) is 23.2 Å². The van der Waals surface area contributed by atoms with Crippen molar-refractivity contribution in [1.29, 1.82) is 0 Å². The Labute approximate surface area is 157 Å². The Morgan fingerprint density at radius 2 is 2.12 bits per heavy atom. The summed E-state index contributed by atoms with van der Waals surface area (Å²) in [6.07, 6.45) is 7.22. The number of carbonyl (C=O) groups is 2. The molecule has 1 aromatic heterocycles. The van der Waals surface area contributed by atoms with Crippen LogP contribution in [-0.2, 0) is 11.3 Å². The third-order valence-electron chi connectivity index (χ3n) is 5.41. The molecule has 1 saturated carbocycles. The van der Waals surface area contributed by atoms with Gasteiger partial charge in [0.1, 0.15) is 6.04 Å². The van der Waals surface area contributed by atoms with Gasteiger partial charge in [-0.25, -0.2) is 4.98 Å². The van der Waals surface area contributed by atoms with Gasteiger partial charge in [-0.2, -0.15) is 0 Å². The zero-order valence-electron chi connectivity index (χ0n) is 14.9. The molecule has 1 unspecified atom stereocenters. The van der Waals surface area contributed by atoms with Crippen molar-refractivity contribution in [3.05, 3.63) is 46.5 Å². The highest BCUT2D eigenvalue weighted by Crippen LogP contribution is 2.33. The van der Waals surface area contributed by atoms with Crippen LogP contribution < -0.4 is 5.32 Å². The molecule has 1 N–H and O–H groups in total. The van der Waals surface area contributed by atoms with E-state index in [1.54, 1.807) is 11.1 Å². The molecule has 2 aliphatic rings. The molecular formula is C20H23N3O2S. The van der Waals surface area contributed by atoms with E-state index < -0.39 is 6.04 Å². The Bertz CT molecular complexity index is 826. The Hall–Kier alpha value is -2.21. The van der Waals surface area contributed by atoms with Crippen LogP contribution in [0.2, 0.25) is 0 Å². The van der Waals surface area contributed by atoms with E-state index in [4.69, 9.17) is 0 Å². The third-order valence-corrected chi connectivity index (χ3v) is 6.24. The van der Waals surface area contributed by atoms with Crippen LogP contribution in [0.5, 0.6) is 0 Å². The van der Waals surface area contributed by atoms with E-state index in [2.05, 4.69) is 10.3 Å². The number of thiazole rings is 1. The minimum Gasteiger partial charge on any atom is -0.322 e. The van der Waals surface area contributed by atoms with Crippen molar-refractivity contribution < 1.29 is 9.59 Å². The highest BCUT2D eigenvalue weighted by atomic mass is 32.1. The maximum Gasteiger partial charge on any atom is 0.255 e. The predicted octanol–water partition coefficient (Wildman–Crippen LogP) is 3.99. The van der Waals surface area contributed by atoms with Crippen LogP contribution in [-0.4, -0.2) is 27.7 Å². The van der Waals surface area contributed by atoms with E-state index in [0.29, 0.717) is 17.6 Å². The van der Waals surface area contributed by atoms with E-state index in [1.807, 2.05) is 31.2 Å². The van der Waals surface area contributed by atoms with Crippen molar-refractivity contribution in [3.8, 4) is 0 Å². The molecule has 1 aromatic carbocycles. The quantitative estimate of drug-likeness (QED) is 0.867. The second-order valence-electron chi connectivity index (χ2n) is 7.26. The smallest absolute Gasteiger partial charge is 0.255 e. The predicted molar refractivity (Wildman–Crippen MR) is 102 cm³/mol. The molecule has 0 spiro atoms. The van der Waals surface area contributed by atoms with Gasteiger partial charge in [-0.15, -0.1) is 11.3 Å². The maximum absolute atomic E-state index is 13.1. The number of hydrogen-bond donors (Lipinski definition) is 1. The third kappa shape index (κ3) is 3.38. The molecule has 6 heteroatoms. The minimum atomic E-state index is -0.442. The van der Waals surface area contributed by atoms with Gasteiger partial charge in [-0.05, 0) is 30.9 Å².